The third-order valence-corrected chi connectivity index (χ3v) is 3.71. The van der Waals surface area contributed by atoms with Gasteiger partial charge in [0, 0.05) is 13.0 Å². The van der Waals surface area contributed by atoms with E-state index >= 15 is 0 Å². The van der Waals surface area contributed by atoms with Crippen LogP contribution in [0.4, 0.5) is 0 Å². The summed E-state index contributed by atoms with van der Waals surface area (Å²) < 4.78 is 0. The number of nitrogens with one attached hydrogen (secondary N) is 1. The van der Waals surface area contributed by atoms with Crippen LogP contribution in [0.15, 0.2) is 0 Å². The zero-order valence-electron chi connectivity index (χ0n) is 13.0. The smallest absolute Gasteiger partial charge is 0.245 e. The van der Waals surface area contributed by atoms with Crippen molar-refractivity contribution in [2.75, 3.05) is 6.54 Å². The van der Waals surface area contributed by atoms with E-state index in [-0.39, 0.29) is 24.5 Å². The molecule has 0 radical (unpaired) electrons. The summed E-state index contributed by atoms with van der Waals surface area (Å²) in [5, 5.41) is 2.53. The highest BCUT2D eigenvalue weighted by Gasteiger charge is 2.36. The number of nitrogens with two attached hydrogens (primary N) is 2. The van der Waals surface area contributed by atoms with Crippen LogP contribution in [0.3, 0.4) is 0 Å². The topological polar surface area (TPSA) is 136 Å². The number of likely N-dealkylation sites (tertiary alicyclic amines) is 1. The summed E-state index contributed by atoms with van der Waals surface area (Å²) in [6.45, 7) is 3.40. The fourth-order valence-electron chi connectivity index (χ4n) is 2.50. The Morgan fingerprint density at radius 3 is 2.45 bits per heavy atom. The molecule has 1 saturated heterocycles. The second-order valence-electron chi connectivity index (χ2n) is 5.66. The Hall–Kier alpha value is -1.96. The molecule has 8 nitrogen and oxygen atoms in total. The molecular formula is C14H24N4O4. The van der Waals surface area contributed by atoms with Gasteiger partial charge in [0.2, 0.25) is 17.7 Å². The summed E-state index contributed by atoms with van der Waals surface area (Å²) in [5.41, 5.74) is 10.6. The number of amides is 3. The largest absolute Gasteiger partial charge is 0.370 e. The first-order valence-corrected chi connectivity index (χ1v) is 7.39. The lowest BCUT2D eigenvalue weighted by Crippen LogP contribution is -2.54. The number of carbonyl (C=O) groups is 4. The SMILES string of the molecule is CC(=O)C1CCCN1C(=O)C(CCC(N)=O)NC(=O)C(C)N. The Balaban J connectivity index is 2.83. The van der Waals surface area contributed by atoms with Crippen LogP contribution in [-0.2, 0) is 19.2 Å². The van der Waals surface area contributed by atoms with Crippen LogP contribution in [0.1, 0.15) is 39.5 Å². The van der Waals surface area contributed by atoms with Gasteiger partial charge in [-0.1, -0.05) is 0 Å². The summed E-state index contributed by atoms with van der Waals surface area (Å²) in [4.78, 5) is 48.4. The van der Waals surface area contributed by atoms with Crippen molar-refractivity contribution in [1.82, 2.24) is 10.2 Å². The Labute approximate surface area is 129 Å². The highest BCUT2D eigenvalue weighted by atomic mass is 16.2. The molecule has 0 aromatic rings. The third-order valence-electron chi connectivity index (χ3n) is 3.71. The van der Waals surface area contributed by atoms with E-state index in [1.54, 1.807) is 0 Å². The van der Waals surface area contributed by atoms with E-state index in [0.717, 1.165) is 6.42 Å². The highest BCUT2D eigenvalue weighted by molar-refractivity contribution is 5.93. The predicted octanol–water partition coefficient (Wildman–Crippen LogP) is -1.34. The maximum atomic E-state index is 12.6. The van der Waals surface area contributed by atoms with E-state index in [1.807, 2.05) is 0 Å². The monoisotopic (exact) mass is 312 g/mol. The van der Waals surface area contributed by atoms with Gasteiger partial charge in [-0.25, -0.2) is 0 Å². The van der Waals surface area contributed by atoms with Gasteiger partial charge in [-0.3, -0.25) is 19.2 Å². The van der Waals surface area contributed by atoms with E-state index < -0.39 is 29.9 Å². The van der Waals surface area contributed by atoms with Crippen molar-refractivity contribution in [3.8, 4) is 0 Å². The van der Waals surface area contributed by atoms with Crippen LogP contribution >= 0.6 is 0 Å². The summed E-state index contributed by atoms with van der Waals surface area (Å²) in [7, 11) is 0. The van der Waals surface area contributed by atoms with Crippen molar-refractivity contribution in [2.45, 2.75) is 57.7 Å². The second-order valence-corrected chi connectivity index (χ2v) is 5.66. The fourth-order valence-corrected chi connectivity index (χ4v) is 2.50. The number of Topliss-reactive ketones (excluding diaryl/α,β-unsaturated/α-hetero) is 1. The van der Waals surface area contributed by atoms with Crippen LogP contribution < -0.4 is 16.8 Å². The number of hydrogen-bond acceptors (Lipinski definition) is 5. The molecule has 8 heteroatoms. The number of rotatable bonds is 7. The Morgan fingerprint density at radius 1 is 1.32 bits per heavy atom. The van der Waals surface area contributed by atoms with Gasteiger partial charge in [-0.15, -0.1) is 0 Å². The van der Waals surface area contributed by atoms with Gasteiger partial charge in [0.1, 0.15) is 6.04 Å². The molecule has 124 valence electrons. The van der Waals surface area contributed by atoms with Crippen molar-refractivity contribution in [1.29, 1.82) is 0 Å². The van der Waals surface area contributed by atoms with E-state index in [1.165, 1.54) is 18.7 Å². The first-order chi connectivity index (χ1) is 10.2. The quantitative estimate of drug-likeness (QED) is 0.535. The van der Waals surface area contributed by atoms with Crippen molar-refractivity contribution in [2.24, 2.45) is 11.5 Å². The van der Waals surface area contributed by atoms with E-state index in [2.05, 4.69) is 5.32 Å². The molecule has 0 aliphatic carbocycles. The van der Waals surface area contributed by atoms with Gasteiger partial charge >= 0.3 is 0 Å². The van der Waals surface area contributed by atoms with Crippen LogP contribution in [0, 0.1) is 0 Å². The molecule has 1 heterocycles. The molecule has 5 N–H and O–H groups in total. The van der Waals surface area contributed by atoms with Crippen molar-refractivity contribution >= 4 is 23.5 Å². The van der Waals surface area contributed by atoms with Gasteiger partial charge in [-0.05, 0) is 33.1 Å². The maximum Gasteiger partial charge on any atom is 0.245 e. The second kappa shape index (κ2) is 7.88. The number of primary amides is 1. The molecule has 0 saturated carbocycles. The zero-order valence-corrected chi connectivity index (χ0v) is 13.0. The standard InChI is InChI=1S/C14H24N4O4/c1-8(15)13(21)17-10(5-6-12(16)20)14(22)18-7-3-4-11(18)9(2)19/h8,10-11H,3-7,15H2,1-2H3,(H2,16,20)(H,17,21). The summed E-state index contributed by atoms with van der Waals surface area (Å²) >= 11 is 0. The molecule has 3 unspecified atom stereocenters. The molecule has 0 bridgehead atoms. The van der Waals surface area contributed by atoms with E-state index in [4.69, 9.17) is 11.5 Å². The van der Waals surface area contributed by atoms with Gasteiger partial charge in [0.05, 0.1) is 12.1 Å². The van der Waals surface area contributed by atoms with Gasteiger partial charge in [0.25, 0.3) is 0 Å². The number of hydrogen-bond donors (Lipinski definition) is 3. The molecule has 3 amide bonds. The zero-order chi connectivity index (χ0) is 16.9. The average molecular weight is 312 g/mol. The van der Waals surface area contributed by atoms with Crippen LogP contribution in [0.5, 0.6) is 0 Å². The molecule has 0 spiro atoms. The molecule has 1 aliphatic rings. The van der Waals surface area contributed by atoms with E-state index in [9.17, 15) is 19.2 Å². The first-order valence-electron chi connectivity index (χ1n) is 7.39. The molecular weight excluding hydrogens is 288 g/mol. The van der Waals surface area contributed by atoms with E-state index in [0.29, 0.717) is 13.0 Å². The lowest BCUT2D eigenvalue weighted by Gasteiger charge is -2.28. The summed E-state index contributed by atoms with van der Waals surface area (Å²) in [5.74, 6) is -1.50. The van der Waals surface area contributed by atoms with Crippen LogP contribution in [-0.4, -0.2) is 53.1 Å². The minimum Gasteiger partial charge on any atom is -0.370 e. The lowest BCUT2D eigenvalue weighted by molar-refractivity contribution is -0.140. The highest BCUT2D eigenvalue weighted by Crippen LogP contribution is 2.20. The Bertz CT molecular complexity index is 464. The molecule has 3 atom stereocenters. The fraction of sp³-hybridized carbons (Fsp3) is 0.714. The van der Waals surface area contributed by atoms with Crippen molar-refractivity contribution in [3.63, 3.8) is 0 Å². The van der Waals surface area contributed by atoms with Crippen molar-refractivity contribution < 1.29 is 19.2 Å². The molecule has 1 rings (SSSR count). The lowest BCUT2D eigenvalue weighted by atomic mass is 10.1. The van der Waals surface area contributed by atoms with Gasteiger partial charge in [0.15, 0.2) is 5.78 Å². The number of ketones is 1. The van der Waals surface area contributed by atoms with Crippen molar-refractivity contribution in [3.05, 3.63) is 0 Å². The average Bonchev–Trinajstić information content (AvgIpc) is 2.91. The van der Waals surface area contributed by atoms with Crippen LogP contribution in [0.2, 0.25) is 0 Å². The van der Waals surface area contributed by atoms with Gasteiger partial charge in [-0.2, -0.15) is 0 Å². The predicted molar refractivity (Wildman–Crippen MR) is 79.4 cm³/mol. The minimum atomic E-state index is -0.897. The van der Waals surface area contributed by atoms with Gasteiger partial charge < -0.3 is 21.7 Å². The van der Waals surface area contributed by atoms with Crippen LogP contribution in [0.25, 0.3) is 0 Å². The third kappa shape index (κ3) is 4.80. The Kier molecular flexibility index (Phi) is 6.48. The number of carbonyl (C=O) groups excluding carboxylic acids is 4. The first kappa shape index (κ1) is 18.1. The number of nitrogens with zero attached hydrogens (tertiary/aromatic N) is 1. The maximum absolute atomic E-state index is 12.6. The molecule has 22 heavy (non-hydrogen) atoms. The molecule has 0 aromatic heterocycles. The molecule has 1 aliphatic heterocycles. The summed E-state index contributed by atoms with van der Waals surface area (Å²) in [6, 6.07) is -2.13. The molecule has 0 aromatic carbocycles. The Morgan fingerprint density at radius 2 is 1.95 bits per heavy atom. The molecule has 1 fully saturated rings. The minimum absolute atomic E-state index is 0.0335. The normalized spacial score (nSPS) is 20.3. The summed E-state index contributed by atoms with van der Waals surface area (Å²) in [6.07, 6.45) is 1.41.